The number of nitrogen functional groups attached to an aromatic ring is 1. The standard InChI is InChI=1S/C16H17ClN2/c17-13-8-4-10-15(16(13)18)19-14-9-3-6-11-5-1-2-7-12(11)14/h1-2,4-5,7-8,10,14,19H,3,6,9,18H2. The topological polar surface area (TPSA) is 38.0 Å². The highest BCUT2D eigenvalue weighted by Gasteiger charge is 2.20. The monoisotopic (exact) mass is 272 g/mol. The molecule has 1 aliphatic rings. The van der Waals surface area contributed by atoms with Crippen LogP contribution in [0.25, 0.3) is 0 Å². The Morgan fingerprint density at radius 2 is 1.95 bits per heavy atom. The Kier molecular flexibility index (Phi) is 3.34. The highest BCUT2D eigenvalue weighted by molar-refractivity contribution is 6.33. The smallest absolute Gasteiger partial charge is 0.0739 e. The van der Waals surface area contributed by atoms with Crippen LogP contribution in [-0.2, 0) is 6.42 Å². The zero-order valence-corrected chi connectivity index (χ0v) is 11.5. The summed E-state index contributed by atoms with van der Waals surface area (Å²) in [4.78, 5) is 0. The first-order chi connectivity index (χ1) is 9.25. The minimum atomic E-state index is 0.325. The van der Waals surface area contributed by atoms with Crippen LogP contribution in [0.1, 0.15) is 30.0 Å². The Morgan fingerprint density at radius 1 is 1.11 bits per heavy atom. The number of hydrogen-bond donors (Lipinski definition) is 2. The number of hydrogen-bond acceptors (Lipinski definition) is 2. The number of aryl methyl sites for hydroxylation is 1. The van der Waals surface area contributed by atoms with Gasteiger partial charge < -0.3 is 11.1 Å². The van der Waals surface area contributed by atoms with Gasteiger partial charge in [0.1, 0.15) is 0 Å². The van der Waals surface area contributed by atoms with Gasteiger partial charge in [-0.15, -0.1) is 0 Å². The lowest BCUT2D eigenvalue weighted by atomic mass is 9.87. The second-order valence-corrected chi connectivity index (χ2v) is 5.40. The summed E-state index contributed by atoms with van der Waals surface area (Å²) < 4.78 is 0. The molecule has 2 aromatic rings. The van der Waals surface area contributed by atoms with Crippen LogP contribution >= 0.6 is 11.6 Å². The Hall–Kier alpha value is -1.67. The van der Waals surface area contributed by atoms with E-state index < -0.39 is 0 Å². The van der Waals surface area contributed by atoms with Crippen LogP contribution in [0.5, 0.6) is 0 Å². The zero-order valence-electron chi connectivity index (χ0n) is 10.7. The molecule has 0 saturated carbocycles. The first-order valence-electron chi connectivity index (χ1n) is 6.64. The summed E-state index contributed by atoms with van der Waals surface area (Å²) in [7, 11) is 0. The minimum Gasteiger partial charge on any atom is -0.396 e. The molecule has 0 spiro atoms. The van der Waals surface area contributed by atoms with Crippen molar-refractivity contribution in [1.82, 2.24) is 0 Å². The van der Waals surface area contributed by atoms with Crippen molar-refractivity contribution in [2.75, 3.05) is 11.1 Å². The van der Waals surface area contributed by atoms with Gasteiger partial charge in [-0.05, 0) is 42.5 Å². The van der Waals surface area contributed by atoms with Crippen molar-refractivity contribution in [2.24, 2.45) is 0 Å². The van der Waals surface area contributed by atoms with Crippen molar-refractivity contribution in [3.63, 3.8) is 0 Å². The third-order valence-electron chi connectivity index (χ3n) is 3.75. The number of benzene rings is 2. The predicted molar refractivity (Wildman–Crippen MR) is 81.6 cm³/mol. The number of nitrogens with two attached hydrogens (primary N) is 1. The summed E-state index contributed by atoms with van der Waals surface area (Å²) in [5.74, 6) is 0. The van der Waals surface area contributed by atoms with E-state index in [1.165, 1.54) is 24.0 Å². The summed E-state index contributed by atoms with van der Waals surface area (Å²) in [5.41, 5.74) is 10.4. The number of para-hydroxylation sites is 1. The molecule has 19 heavy (non-hydrogen) atoms. The van der Waals surface area contributed by atoms with E-state index in [1.807, 2.05) is 18.2 Å². The molecule has 0 aliphatic heterocycles. The number of anilines is 2. The molecule has 0 heterocycles. The molecule has 0 radical (unpaired) electrons. The fraction of sp³-hybridized carbons (Fsp3) is 0.250. The third-order valence-corrected chi connectivity index (χ3v) is 4.08. The molecular formula is C16H17ClN2. The molecule has 1 atom stereocenters. The molecule has 0 bridgehead atoms. The molecule has 1 aliphatic carbocycles. The van der Waals surface area contributed by atoms with Crippen LogP contribution in [0, 0.1) is 0 Å². The predicted octanol–water partition coefficient (Wildman–Crippen LogP) is 4.41. The maximum Gasteiger partial charge on any atom is 0.0739 e. The van der Waals surface area contributed by atoms with E-state index >= 15 is 0 Å². The van der Waals surface area contributed by atoms with Gasteiger partial charge in [0, 0.05) is 0 Å². The highest BCUT2D eigenvalue weighted by atomic mass is 35.5. The summed E-state index contributed by atoms with van der Waals surface area (Å²) in [6, 6.07) is 14.7. The number of nitrogens with one attached hydrogen (secondary N) is 1. The van der Waals surface area contributed by atoms with Crippen LogP contribution in [0.2, 0.25) is 5.02 Å². The lowest BCUT2D eigenvalue weighted by Crippen LogP contribution is -2.17. The van der Waals surface area contributed by atoms with Crippen molar-refractivity contribution >= 4 is 23.0 Å². The van der Waals surface area contributed by atoms with Gasteiger partial charge in [-0.1, -0.05) is 41.9 Å². The maximum absolute atomic E-state index is 6.07. The van der Waals surface area contributed by atoms with Gasteiger partial charge in [-0.25, -0.2) is 0 Å². The first-order valence-corrected chi connectivity index (χ1v) is 7.02. The molecule has 2 nitrogen and oxygen atoms in total. The molecule has 1 unspecified atom stereocenters. The largest absolute Gasteiger partial charge is 0.396 e. The van der Waals surface area contributed by atoms with Gasteiger partial charge in [-0.2, -0.15) is 0 Å². The zero-order chi connectivity index (χ0) is 13.2. The molecule has 3 rings (SSSR count). The van der Waals surface area contributed by atoms with Gasteiger partial charge >= 0.3 is 0 Å². The molecule has 0 saturated heterocycles. The van der Waals surface area contributed by atoms with Crippen molar-refractivity contribution in [1.29, 1.82) is 0 Å². The molecule has 0 fully saturated rings. The SMILES string of the molecule is Nc1c(Cl)cccc1NC1CCCc2ccccc21. The molecule has 3 heteroatoms. The van der Waals surface area contributed by atoms with Crippen LogP contribution < -0.4 is 11.1 Å². The maximum atomic E-state index is 6.07. The lowest BCUT2D eigenvalue weighted by Gasteiger charge is -2.27. The van der Waals surface area contributed by atoms with E-state index in [4.69, 9.17) is 17.3 Å². The average Bonchev–Trinajstić information content (AvgIpc) is 2.44. The van der Waals surface area contributed by atoms with Crippen LogP contribution in [0.3, 0.4) is 0 Å². The quantitative estimate of drug-likeness (QED) is 0.795. The normalized spacial score (nSPS) is 17.8. The number of halogens is 1. The molecule has 98 valence electrons. The van der Waals surface area contributed by atoms with Crippen molar-refractivity contribution in [2.45, 2.75) is 25.3 Å². The number of fused-ring (bicyclic) bond motifs is 1. The summed E-state index contributed by atoms with van der Waals surface area (Å²) in [5, 5.41) is 4.14. The average molecular weight is 273 g/mol. The van der Waals surface area contributed by atoms with Gasteiger partial charge in [0.25, 0.3) is 0 Å². The number of rotatable bonds is 2. The highest BCUT2D eigenvalue weighted by Crippen LogP contribution is 2.35. The van der Waals surface area contributed by atoms with E-state index in [9.17, 15) is 0 Å². The minimum absolute atomic E-state index is 0.325. The second kappa shape index (κ2) is 5.14. The fourth-order valence-electron chi connectivity index (χ4n) is 2.75. The molecular weight excluding hydrogens is 256 g/mol. The van der Waals surface area contributed by atoms with E-state index in [0.29, 0.717) is 16.8 Å². The van der Waals surface area contributed by atoms with Gasteiger partial charge in [0.15, 0.2) is 0 Å². The summed E-state index contributed by atoms with van der Waals surface area (Å²) in [6.07, 6.45) is 3.50. The van der Waals surface area contributed by atoms with Crippen molar-refractivity contribution in [3.8, 4) is 0 Å². The van der Waals surface area contributed by atoms with E-state index in [-0.39, 0.29) is 0 Å². The summed E-state index contributed by atoms with van der Waals surface area (Å²) in [6.45, 7) is 0. The Labute approximate surface area is 118 Å². The van der Waals surface area contributed by atoms with Crippen LogP contribution in [0.4, 0.5) is 11.4 Å². The first kappa shape index (κ1) is 12.4. The van der Waals surface area contributed by atoms with Crippen LogP contribution in [-0.4, -0.2) is 0 Å². The molecule has 3 N–H and O–H groups in total. The molecule has 0 aromatic heterocycles. The summed E-state index contributed by atoms with van der Waals surface area (Å²) >= 11 is 6.07. The van der Waals surface area contributed by atoms with Crippen molar-refractivity contribution < 1.29 is 0 Å². The van der Waals surface area contributed by atoms with E-state index in [2.05, 4.69) is 29.6 Å². The molecule has 0 amide bonds. The van der Waals surface area contributed by atoms with Gasteiger partial charge in [-0.3, -0.25) is 0 Å². The fourth-order valence-corrected chi connectivity index (χ4v) is 2.93. The third kappa shape index (κ3) is 2.41. The van der Waals surface area contributed by atoms with Crippen molar-refractivity contribution in [3.05, 3.63) is 58.6 Å². The van der Waals surface area contributed by atoms with Gasteiger partial charge in [0.05, 0.1) is 22.4 Å². The second-order valence-electron chi connectivity index (χ2n) is 4.99. The Bertz CT molecular complexity index is 595. The Balaban J connectivity index is 1.91. The van der Waals surface area contributed by atoms with Gasteiger partial charge in [0.2, 0.25) is 0 Å². The lowest BCUT2D eigenvalue weighted by molar-refractivity contribution is 0.600. The molecule has 2 aromatic carbocycles. The van der Waals surface area contributed by atoms with E-state index in [0.717, 1.165) is 12.1 Å². The van der Waals surface area contributed by atoms with Crippen LogP contribution in [0.15, 0.2) is 42.5 Å². The Morgan fingerprint density at radius 3 is 2.84 bits per heavy atom. The van der Waals surface area contributed by atoms with E-state index in [1.54, 1.807) is 0 Å².